The van der Waals surface area contributed by atoms with Crippen LogP contribution in [-0.2, 0) is 4.79 Å². The van der Waals surface area contributed by atoms with E-state index in [0.717, 1.165) is 24.8 Å². The number of carbonyl (C=O) groups excluding carboxylic acids is 1. The zero-order chi connectivity index (χ0) is 8.81. The molecular formula is C11H16O. The second-order valence-electron chi connectivity index (χ2n) is 3.31. The van der Waals surface area contributed by atoms with Gasteiger partial charge >= 0.3 is 0 Å². The first-order valence-electron chi connectivity index (χ1n) is 4.82. The van der Waals surface area contributed by atoms with E-state index in [0.29, 0.717) is 0 Å². The van der Waals surface area contributed by atoms with Crippen LogP contribution in [0.4, 0.5) is 0 Å². The number of unbranched alkanes of at least 4 members (excludes halogenated alkanes) is 2. The van der Waals surface area contributed by atoms with Crippen molar-refractivity contribution in [2.75, 3.05) is 0 Å². The summed E-state index contributed by atoms with van der Waals surface area (Å²) in [4.78, 5) is 10.4. The van der Waals surface area contributed by atoms with Gasteiger partial charge in [-0.15, -0.1) is 0 Å². The number of allylic oxidation sites excluding steroid dienone is 3. The van der Waals surface area contributed by atoms with Crippen molar-refractivity contribution < 1.29 is 4.79 Å². The minimum absolute atomic E-state index is 0.922. The molecular weight excluding hydrogens is 148 g/mol. The molecule has 0 saturated carbocycles. The predicted octanol–water partition coefficient (Wildman–Crippen LogP) is 3.04. The average molecular weight is 164 g/mol. The van der Waals surface area contributed by atoms with E-state index in [-0.39, 0.29) is 0 Å². The van der Waals surface area contributed by atoms with Crippen LogP contribution in [0, 0.1) is 0 Å². The zero-order valence-corrected chi connectivity index (χ0v) is 7.73. The molecule has 0 heterocycles. The summed E-state index contributed by atoms with van der Waals surface area (Å²) in [5.41, 5.74) is 2.18. The van der Waals surface area contributed by atoms with E-state index in [4.69, 9.17) is 0 Å². The van der Waals surface area contributed by atoms with Crippen molar-refractivity contribution in [2.24, 2.45) is 0 Å². The fourth-order valence-electron chi connectivity index (χ4n) is 1.61. The largest absolute Gasteiger partial charge is 0.233 e. The fourth-order valence-corrected chi connectivity index (χ4v) is 1.61. The highest BCUT2D eigenvalue weighted by molar-refractivity contribution is 5.62. The topological polar surface area (TPSA) is 17.1 Å². The summed E-state index contributed by atoms with van der Waals surface area (Å²) >= 11 is 0. The first-order valence-corrected chi connectivity index (χ1v) is 4.82. The van der Waals surface area contributed by atoms with Crippen LogP contribution < -0.4 is 0 Å². The van der Waals surface area contributed by atoms with Crippen LogP contribution in [0.25, 0.3) is 0 Å². The molecule has 0 aromatic heterocycles. The van der Waals surface area contributed by atoms with Gasteiger partial charge in [0.1, 0.15) is 5.94 Å². The molecule has 0 amide bonds. The smallest absolute Gasteiger partial charge is 0.128 e. The average Bonchev–Trinajstić information content (AvgIpc) is 2.52. The highest BCUT2D eigenvalue weighted by Gasteiger charge is 2.11. The molecule has 0 aromatic rings. The molecule has 66 valence electrons. The molecule has 12 heavy (non-hydrogen) atoms. The monoisotopic (exact) mass is 164 g/mol. The van der Waals surface area contributed by atoms with Crippen molar-refractivity contribution in [3.63, 3.8) is 0 Å². The molecule has 1 aliphatic rings. The maximum absolute atomic E-state index is 10.4. The van der Waals surface area contributed by atoms with Crippen LogP contribution in [0.15, 0.2) is 17.2 Å². The maximum Gasteiger partial charge on any atom is 0.128 e. The number of rotatable bonds is 4. The van der Waals surface area contributed by atoms with Crippen LogP contribution in [-0.4, -0.2) is 5.94 Å². The zero-order valence-electron chi connectivity index (χ0n) is 7.73. The molecule has 1 heteroatoms. The van der Waals surface area contributed by atoms with E-state index in [1.807, 2.05) is 5.94 Å². The molecule has 0 radical (unpaired) electrons. The van der Waals surface area contributed by atoms with Gasteiger partial charge in [-0.1, -0.05) is 25.8 Å². The highest BCUT2D eigenvalue weighted by atomic mass is 16.1. The summed E-state index contributed by atoms with van der Waals surface area (Å²) in [6.45, 7) is 2.19. The molecule has 0 unspecified atom stereocenters. The fraction of sp³-hybridized carbons (Fsp3) is 0.636. The standard InChI is InChI=1S/C11H16O/c1-2-3-4-6-10-7-5-8-11(10)9-12/h7H,2-6,8H2,1H3. The number of hydrogen-bond acceptors (Lipinski definition) is 1. The third-order valence-electron chi connectivity index (χ3n) is 2.35. The summed E-state index contributed by atoms with van der Waals surface area (Å²) in [6.07, 6.45) is 8.97. The Kier molecular flexibility index (Phi) is 3.83. The van der Waals surface area contributed by atoms with Crippen LogP contribution in [0.1, 0.15) is 45.4 Å². The Morgan fingerprint density at radius 3 is 3.00 bits per heavy atom. The lowest BCUT2D eigenvalue weighted by Crippen LogP contribution is -1.85. The molecule has 0 N–H and O–H groups in total. The lowest BCUT2D eigenvalue weighted by Gasteiger charge is -2.00. The minimum atomic E-state index is 0.922. The Balaban J connectivity index is 2.36. The Morgan fingerprint density at radius 1 is 1.50 bits per heavy atom. The molecule has 0 spiro atoms. The van der Waals surface area contributed by atoms with Gasteiger partial charge in [0, 0.05) is 5.57 Å². The molecule has 0 aliphatic heterocycles. The molecule has 0 aromatic carbocycles. The van der Waals surface area contributed by atoms with Gasteiger partial charge in [0.25, 0.3) is 0 Å². The van der Waals surface area contributed by atoms with E-state index in [9.17, 15) is 4.79 Å². The van der Waals surface area contributed by atoms with E-state index in [2.05, 4.69) is 13.0 Å². The van der Waals surface area contributed by atoms with Gasteiger partial charge in [-0.3, -0.25) is 0 Å². The van der Waals surface area contributed by atoms with E-state index in [1.165, 1.54) is 24.8 Å². The second kappa shape index (κ2) is 4.95. The van der Waals surface area contributed by atoms with E-state index >= 15 is 0 Å². The summed E-state index contributed by atoms with van der Waals surface area (Å²) in [6, 6.07) is 0. The summed E-state index contributed by atoms with van der Waals surface area (Å²) in [5, 5.41) is 0. The van der Waals surface area contributed by atoms with Crippen molar-refractivity contribution >= 4 is 5.94 Å². The van der Waals surface area contributed by atoms with E-state index < -0.39 is 0 Å². The third-order valence-corrected chi connectivity index (χ3v) is 2.35. The van der Waals surface area contributed by atoms with Crippen LogP contribution in [0.2, 0.25) is 0 Å². The van der Waals surface area contributed by atoms with Gasteiger partial charge in [0.05, 0.1) is 0 Å². The summed E-state index contributed by atoms with van der Waals surface area (Å²) in [5.74, 6) is 2.04. The van der Waals surface area contributed by atoms with Crippen LogP contribution >= 0.6 is 0 Å². The van der Waals surface area contributed by atoms with Crippen molar-refractivity contribution in [3.8, 4) is 0 Å². The quantitative estimate of drug-likeness (QED) is 0.461. The van der Waals surface area contributed by atoms with Crippen LogP contribution in [0.5, 0.6) is 0 Å². The van der Waals surface area contributed by atoms with Gasteiger partial charge in [0.2, 0.25) is 0 Å². The SMILES string of the molecule is CCCCCC1=CCCC1=C=O. The predicted molar refractivity (Wildman–Crippen MR) is 50.7 cm³/mol. The Labute approximate surface area is 74.2 Å². The van der Waals surface area contributed by atoms with Crippen molar-refractivity contribution in [3.05, 3.63) is 17.2 Å². The molecule has 1 aliphatic carbocycles. The molecule has 1 rings (SSSR count). The molecule has 0 fully saturated rings. The summed E-state index contributed by atoms with van der Waals surface area (Å²) < 4.78 is 0. The normalized spacial score (nSPS) is 16.1. The molecule has 0 atom stereocenters. The second-order valence-corrected chi connectivity index (χ2v) is 3.31. The van der Waals surface area contributed by atoms with Crippen LogP contribution in [0.3, 0.4) is 0 Å². The van der Waals surface area contributed by atoms with Gasteiger partial charge < -0.3 is 0 Å². The first-order chi connectivity index (χ1) is 5.88. The van der Waals surface area contributed by atoms with Gasteiger partial charge in [-0.25, -0.2) is 4.79 Å². The first kappa shape index (κ1) is 9.28. The van der Waals surface area contributed by atoms with Gasteiger partial charge in [-0.2, -0.15) is 0 Å². The lowest BCUT2D eigenvalue weighted by atomic mass is 10.0. The Hall–Kier alpha value is -0.810. The molecule has 0 bridgehead atoms. The van der Waals surface area contributed by atoms with Gasteiger partial charge in [0.15, 0.2) is 0 Å². The van der Waals surface area contributed by atoms with Crippen molar-refractivity contribution in [2.45, 2.75) is 45.4 Å². The van der Waals surface area contributed by atoms with E-state index in [1.54, 1.807) is 0 Å². The molecule has 0 saturated heterocycles. The minimum Gasteiger partial charge on any atom is -0.233 e. The van der Waals surface area contributed by atoms with Crippen molar-refractivity contribution in [1.82, 2.24) is 0 Å². The highest BCUT2D eigenvalue weighted by Crippen LogP contribution is 2.26. The lowest BCUT2D eigenvalue weighted by molar-refractivity contribution is 0.566. The third kappa shape index (κ3) is 2.35. The molecule has 1 nitrogen and oxygen atoms in total. The maximum atomic E-state index is 10.4. The summed E-state index contributed by atoms with van der Waals surface area (Å²) in [7, 11) is 0. The number of hydrogen-bond donors (Lipinski definition) is 0. The van der Waals surface area contributed by atoms with Crippen molar-refractivity contribution in [1.29, 1.82) is 0 Å². The Morgan fingerprint density at radius 2 is 2.33 bits per heavy atom. The van der Waals surface area contributed by atoms with Gasteiger partial charge in [-0.05, 0) is 31.3 Å². The Bertz CT molecular complexity index is 219.